The van der Waals surface area contributed by atoms with E-state index in [0.717, 1.165) is 36.8 Å². The average molecular weight is 406 g/mol. The van der Waals surface area contributed by atoms with Crippen LogP contribution in [0.1, 0.15) is 29.8 Å². The van der Waals surface area contributed by atoms with Gasteiger partial charge in [-0.15, -0.1) is 11.3 Å². The molecule has 0 amide bonds. The molecule has 0 unspecified atom stereocenters. The first-order valence-electron chi connectivity index (χ1n) is 9.91. The summed E-state index contributed by atoms with van der Waals surface area (Å²) in [5.74, 6) is 1.37. The number of nitrogens with zero attached hydrogens (tertiary/aromatic N) is 3. The van der Waals surface area contributed by atoms with Gasteiger partial charge in [-0.2, -0.15) is 0 Å². The number of benzene rings is 1. The lowest BCUT2D eigenvalue weighted by molar-refractivity contribution is 0.0608. The van der Waals surface area contributed by atoms with E-state index in [4.69, 9.17) is 9.47 Å². The van der Waals surface area contributed by atoms with Crippen molar-refractivity contribution in [3.63, 3.8) is 0 Å². The van der Waals surface area contributed by atoms with Crippen molar-refractivity contribution in [3.05, 3.63) is 40.3 Å². The number of thiazole rings is 1. The zero-order valence-corrected chi connectivity index (χ0v) is 17.7. The zero-order chi connectivity index (χ0) is 19.8. The van der Waals surface area contributed by atoms with Crippen molar-refractivity contribution >= 4 is 11.3 Å². The van der Waals surface area contributed by atoms with E-state index in [1.807, 2.05) is 29.8 Å². The Kier molecular flexibility index (Phi) is 8.09. The molecule has 0 aliphatic carbocycles. The van der Waals surface area contributed by atoms with Crippen LogP contribution in [-0.2, 0) is 13.1 Å². The summed E-state index contributed by atoms with van der Waals surface area (Å²) in [7, 11) is 3.72. The maximum absolute atomic E-state index is 10.4. The molecule has 154 valence electrons. The molecule has 1 aliphatic heterocycles. The summed E-state index contributed by atoms with van der Waals surface area (Å²) in [4.78, 5) is 8.88. The fourth-order valence-corrected chi connectivity index (χ4v) is 4.24. The molecular weight excluding hydrogens is 374 g/mol. The van der Waals surface area contributed by atoms with E-state index in [0.29, 0.717) is 18.0 Å². The molecule has 1 aliphatic rings. The molecule has 1 saturated heterocycles. The molecule has 28 heavy (non-hydrogen) atoms. The first kappa shape index (κ1) is 21.0. The third-order valence-electron chi connectivity index (χ3n) is 4.92. The molecule has 0 spiro atoms. The Balaban J connectivity index is 1.54. The Hall–Kier alpha value is -1.67. The van der Waals surface area contributed by atoms with Gasteiger partial charge in [0.1, 0.15) is 17.7 Å². The number of likely N-dealkylation sites (tertiary alicyclic amines) is 1. The fraction of sp³-hybridized carbons (Fsp3) is 0.571. The molecule has 3 rings (SSSR count). The highest BCUT2D eigenvalue weighted by molar-refractivity contribution is 7.09. The number of β-amino-alcohol motifs (C(OH)–C–C–N with tert-alkyl or cyclic N) is 1. The monoisotopic (exact) mass is 405 g/mol. The predicted molar refractivity (Wildman–Crippen MR) is 112 cm³/mol. The van der Waals surface area contributed by atoms with Gasteiger partial charge in [0.05, 0.1) is 13.7 Å². The molecule has 1 fully saturated rings. The molecule has 0 bridgehead atoms. The number of ether oxygens (including phenoxy) is 2. The van der Waals surface area contributed by atoms with Crippen LogP contribution < -0.4 is 9.47 Å². The number of rotatable bonds is 10. The van der Waals surface area contributed by atoms with Crippen molar-refractivity contribution in [1.82, 2.24) is 14.8 Å². The van der Waals surface area contributed by atoms with Gasteiger partial charge in [-0.3, -0.25) is 4.90 Å². The normalized spacial score (nSPS) is 16.3. The number of aliphatic hydroxyl groups is 1. The van der Waals surface area contributed by atoms with E-state index in [1.54, 1.807) is 18.4 Å². The maximum atomic E-state index is 10.4. The molecule has 1 atom stereocenters. The Labute approximate surface area is 171 Å². The quantitative estimate of drug-likeness (QED) is 0.656. The van der Waals surface area contributed by atoms with E-state index in [1.165, 1.54) is 19.3 Å². The minimum atomic E-state index is -0.501. The Morgan fingerprint density at radius 1 is 1.21 bits per heavy atom. The van der Waals surface area contributed by atoms with Gasteiger partial charge in [0.2, 0.25) is 0 Å². The SMILES string of the molecule is COc1ccc(CN(C)Cc2nccs2)cc1OC[C@@H](O)CN1CCCCC1. The number of piperidine rings is 1. The van der Waals surface area contributed by atoms with Crippen molar-refractivity contribution < 1.29 is 14.6 Å². The summed E-state index contributed by atoms with van der Waals surface area (Å²) in [6.07, 6.45) is 5.07. The summed E-state index contributed by atoms with van der Waals surface area (Å²) in [5.41, 5.74) is 1.14. The van der Waals surface area contributed by atoms with Gasteiger partial charge < -0.3 is 19.5 Å². The van der Waals surface area contributed by atoms with E-state index in [9.17, 15) is 5.11 Å². The maximum Gasteiger partial charge on any atom is 0.161 e. The second-order valence-electron chi connectivity index (χ2n) is 7.41. The van der Waals surface area contributed by atoms with Crippen LogP contribution in [0.2, 0.25) is 0 Å². The molecule has 0 saturated carbocycles. The topological polar surface area (TPSA) is 58.1 Å². The number of aromatic nitrogens is 1. The lowest BCUT2D eigenvalue weighted by atomic mass is 10.1. The van der Waals surface area contributed by atoms with Crippen molar-refractivity contribution in [2.75, 3.05) is 40.4 Å². The lowest BCUT2D eigenvalue weighted by Crippen LogP contribution is -2.38. The second-order valence-corrected chi connectivity index (χ2v) is 8.39. The number of hydrogen-bond donors (Lipinski definition) is 1. The molecule has 7 heteroatoms. The second kappa shape index (κ2) is 10.8. The van der Waals surface area contributed by atoms with Crippen molar-refractivity contribution in [1.29, 1.82) is 0 Å². The average Bonchev–Trinajstić information content (AvgIpc) is 3.20. The van der Waals surface area contributed by atoms with Crippen molar-refractivity contribution in [3.8, 4) is 11.5 Å². The van der Waals surface area contributed by atoms with E-state index >= 15 is 0 Å². The third kappa shape index (κ3) is 6.44. The predicted octanol–water partition coefficient (Wildman–Crippen LogP) is 3.01. The van der Waals surface area contributed by atoms with Crippen LogP contribution in [-0.4, -0.2) is 66.4 Å². The van der Waals surface area contributed by atoms with Crippen LogP contribution in [0.25, 0.3) is 0 Å². The largest absolute Gasteiger partial charge is 0.493 e. The minimum Gasteiger partial charge on any atom is -0.493 e. The number of methoxy groups -OCH3 is 1. The highest BCUT2D eigenvalue weighted by Crippen LogP contribution is 2.29. The molecule has 2 heterocycles. The summed E-state index contributed by atoms with van der Waals surface area (Å²) < 4.78 is 11.4. The van der Waals surface area contributed by atoms with Crippen LogP contribution >= 0.6 is 11.3 Å². The van der Waals surface area contributed by atoms with E-state index in [-0.39, 0.29) is 6.61 Å². The van der Waals surface area contributed by atoms with Gasteiger partial charge in [0.25, 0.3) is 0 Å². The van der Waals surface area contributed by atoms with Crippen LogP contribution in [0.15, 0.2) is 29.8 Å². The molecule has 1 aromatic carbocycles. The number of aliphatic hydroxyl groups excluding tert-OH is 1. The van der Waals surface area contributed by atoms with Gasteiger partial charge >= 0.3 is 0 Å². The third-order valence-corrected chi connectivity index (χ3v) is 5.68. The molecule has 2 aromatic rings. The zero-order valence-electron chi connectivity index (χ0n) is 16.8. The van der Waals surface area contributed by atoms with Gasteiger partial charge in [-0.05, 0) is 50.7 Å². The molecule has 0 radical (unpaired) electrons. The Morgan fingerprint density at radius 3 is 2.75 bits per heavy atom. The summed E-state index contributed by atoms with van der Waals surface area (Å²) in [5, 5.41) is 13.5. The van der Waals surface area contributed by atoms with Crippen LogP contribution in [0.5, 0.6) is 11.5 Å². The standard InChI is InChI=1S/C21H31N3O3S/c1-23(15-21-22-8-11-28-21)13-17-6-7-19(26-2)20(12-17)27-16-18(25)14-24-9-4-3-5-10-24/h6-8,11-12,18,25H,3-5,9-10,13-16H2,1-2H3/t18-/m0/s1. The lowest BCUT2D eigenvalue weighted by Gasteiger charge is -2.28. The number of hydrogen-bond acceptors (Lipinski definition) is 7. The van der Waals surface area contributed by atoms with Crippen LogP contribution in [0, 0.1) is 0 Å². The smallest absolute Gasteiger partial charge is 0.161 e. The first-order chi connectivity index (χ1) is 13.6. The van der Waals surface area contributed by atoms with Crippen molar-refractivity contribution in [2.45, 2.75) is 38.5 Å². The van der Waals surface area contributed by atoms with Gasteiger partial charge in [0, 0.05) is 24.7 Å². The fourth-order valence-electron chi connectivity index (χ4n) is 3.54. The molecule has 1 N–H and O–H groups in total. The molecule has 1 aromatic heterocycles. The van der Waals surface area contributed by atoms with Crippen LogP contribution in [0.4, 0.5) is 0 Å². The van der Waals surface area contributed by atoms with Gasteiger partial charge in [-0.1, -0.05) is 12.5 Å². The summed E-state index contributed by atoms with van der Waals surface area (Å²) in [6, 6.07) is 5.98. The minimum absolute atomic E-state index is 0.269. The van der Waals surface area contributed by atoms with Crippen molar-refractivity contribution in [2.24, 2.45) is 0 Å². The molecule has 6 nitrogen and oxygen atoms in total. The van der Waals surface area contributed by atoms with Gasteiger partial charge in [0.15, 0.2) is 11.5 Å². The Morgan fingerprint density at radius 2 is 2.04 bits per heavy atom. The summed E-state index contributed by atoms with van der Waals surface area (Å²) >= 11 is 1.67. The Bertz CT molecular complexity index is 705. The van der Waals surface area contributed by atoms with E-state index < -0.39 is 6.10 Å². The highest BCUT2D eigenvalue weighted by Gasteiger charge is 2.16. The highest BCUT2D eigenvalue weighted by atomic mass is 32.1. The van der Waals surface area contributed by atoms with Gasteiger partial charge in [-0.25, -0.2) is 4.98 Å². The first-order valence-corrected chi connectivity index (χ1v) is 10.8. The van der Waals surface area contributed by atoms with E-state index in [2.05, 4.69) is 21.8 Å². The summed E-state index contributed by atoms with van der Waals surface area (Å²) in [6.45, 7) is 4.68. The molecular formula is C21H31N3O3S. The van der Waals surface area contributed by atoms with Crippen LogP contribution in [0.3, 0.4) is 0 Å².